The molecular formula is C17H19N5O4S. The zero-order valence-electron chi connectivity index (χ0n) is 14.5. The highest BCUT2D eigenvalue weighted by Crippen LogP contribution is 2.20. The smallest absolute Gasteiger partial charge is 0.262 e. The monoisotopic (exact) mass is 389 g/mol. The van der Waals surface area contributed by atoms with E-state index in [2.05, 4.69) is 15.3 Å². The van der Waals surface area contributed by atoms with Crippen LogP contribution in [0.5, 0.6) is 0 Å². The van der Waals surface area contributed by atoms with Crippen LogP contribution in [0.3, 0.4) is 0 Å². The van der Waals surface area contributed by atoms with Crippen molar-refractivity contribution in [1.82, 2.24) is 9.88 Å². The fourth-order valence-corrected chi connectivity index (χ4v) is 3.66. The van der Waals surface area contributed by atoms with E-state index in [1.807, 2.05) is 0 Å². The van der Waals surface area contributed by atoms with Crippen LogP contribution in [0.4, 0.5) is 5.13 Å². The van der Waals surface area contributed by atoms with Gasteiger partial charge in [-0.3, -0.25) is 19.2 Å². The van der Waals surface area contributed by atoms with E-state index in [0.29, 0.717) is 36.8 Å². The molecule has 3 N–H and O–H groups in total. The van der Waals surface area contributed by atoms with Crippen molar-refractivity contribution < 1.29 is 19.2 Å². The number of allylic oxidation sites excluding steroid dienone is 1. The third kappa shape index (κ3) is 4.64. The summed E-state index contributed by atoms with van der Waals surface area (Å²) in [5.74, 6) is -2.57. The maximum absolute atomic E-state index is 12.4. The highest BCUT2D eigenvalue weighted by atomic mass is 32.1. The number of amides is 4. The minimum absolute atomic E-state index is 0.0826. The number of likely N-dealkylation sites (tertiary alicyclic amines) is 1. The zero-order valence-corrected chi connectivity index (χ0v) is 15.3. The second-order valence-electron chi connectivity index (χ2n) is 6.35. The number of thiazole rings is 1. The van der Waals surface area contributed by atoms with Crippen LogP contribution >= 0.6 is 11.3 Å². The number of aliphatic imine (C=N–C) groups is 1. The summed E-state index contributed by atoms with van der Waals surface area (Å²) in [6.07, 6.45) is 5.61. The van der Waals surface area contributed by atoms with Gasteiger partial charge < -0.3 is 16.0 Å². The Morgan fingerprint density at radius 3 is 2.70 bits per heavy atom. The number of rotatable bonds is 5. The lowest BCUT2D eigenvalue weighted by molar-refractivity contribution is -0.134. The summed E-state index contributed by atoms with van der Waals surface area (Å²) in [6.45, 7) is 0.994. The molecule has 3 rings (SSSR count). The summed E-state index contributed by atoms with van der Waals surface area (Å²) >= 11 is 1.19. The molecule has 0 saturated carbocycles. The number of piperidine rings is 1. The molecule has 1 aromatic rings. The van der Waals surface area contributed by atoms with Crippen molar-refractivity contribution in [3.05, 3.63) is 23.2 Å². The molecule has 10 heteroatoms. The van der Waals surface area contributed by atoms with Crippen LogP contribution in [0.1, 0.15) is 18.5 Å². The molecule has 1 saturated heterocycles. The van der Waals surface area contributed by atoms with Crippen LogP contribution in [-0.4, -0.2) is 52.8 Å². The molecule has 1 aromatic heterocycles. The highest BCUT2D eigenvalue weighted by Gasteiger charge is 2.27. The number of nitrogens with two attached hydrogens (primary N) is 1. The molecule has 0 radical (unpaired) electrons. The lowest BCUT2D eigenvalue weighted by atomic mass is 9.96. The number of carbonyl (C=O) groups is 4. The Labute approximate surface area is 159 Å². The lowest BCUT2D eigenvalue weighted by Gasteiger charge is -2.30. The van der Waals surface area contributed by atoms with Gasteiger partial charge in [0.1, 0.15) is 5.92 Å². The van der Waals surface area contributed by atoms with Crippen LogP contribution in [0.2, 0.25) is 0 Å². The van der Waals surface area contributed by atoms with Gasteiger partial charge in [0.25, 0.3) is 5.91 Å². The topological polar surface area (TPSA) is 135 Å². The molecule has 4 amide bonds. The summed E-state index contributed by atoms with van der Waals surface area (Å²) in [4.78, 5) is 56.8. The average molecular weight is 389 g/mol. The van der Waals surface area contributed by atoms with Gasteiger partial charge in [-0.15, -0.1) is 11.3 Å². The maximum atomic E-state index is 12.4. The van der Waals surface area contributed by atoms with Crippen molar-refractivity contribution in [3.8, 4) is 0 Å². The molecule has 0 aliphatic carbocycles. The molecule has 27 heavy (non-hydrogen) atoms. The Morgan fingerprint density at radius 1 is 1.30 bits per heavy atom. The van der Waals surface area contributed by atoms with Gasteiger partial charge >= 0.3 is 0 Å². The predicted molar refractivity (Wildman–Crippen MR) is 99.1 cm³/mol. The SMILES string of the molecule is NC(=O)C1CCN(C(=O)Cc2csc(NC(=O)C3C=CC=NC3=O)n2)CC1. The molecule has 0 bridgehead atoms. The van der Waals surface area contributed by atoms with Crippen molar-refractivity contribution in [2.75, 3.05) is 18.4 Å². The molecular weight excluding hydrogens is 370 g/mol. The van der Waals surface area contributed by atoms with E-state index in [4.69, 9.17) is 5.73 Å². The Morgan fingerprint density at radius 2 is 2.04 bits per heavy atom. The number of primary amides is 1. The maximum Gasteiger partial charge on any atom is 0.262 e. The summed E-state index contributed by atoms with van der Waals surface area (Å²) in [7, 11) is 0. The van der Waals surface area contributed by atoms with Crippen molar-refractivity contribution in [1.29, 1.82) is 0 Å². The van der Waals surface area contributed by atoms with Crippen LogP contribution < -0.4 is 11.1 Å². The number of aromatic nitrogens is 1. The number of hydrogen-bond acceptors (Lipinski definition) is 6. The molecule has 9 nitrogen and oxygen atoms in total. The number of nitrogens with zero attached hydrogens (tertiary/aromatic N) is 3. The van der Waals surface area contributed by atoms with E-state index in [9.17, 15) is 19.2 Å². The number of carbonyl (C=O) groups excluding carboxylic acids is 4. The second-order valence-corrected chi connectivity index (χ2v) is 7.20. The van der Waals surface area contributed by atoms with Gasteiger partial charge in [-0.2, -0.15) is 0 Å². The lowest BCUT2D eigenvalue weighted by Crippen LogP contribution is -2.42. The predicted octanol–water partition coefficient (Wildman–Crippen LogP) is 0.131. The van der Waals surface area contributed by atoms with Crippen LogP contribution in [0.15, 0.2) is 22.5 Å². The Balaban J connectivity index is 1.52. The number of dihydropyridines is 1. The first-order chi connectivity index (χ1) is 12.9. The first kappa shape index (κ1) is 18.9. The van der Waals surface area contributed by atoms with Crippen molar-refractivity contribution in [3.63, 3.8) is 0 Å². The fraction of sp³-hybridized carbons (Fsp3) is 0.412. The third-order valence-corrected chi connectivity index (χ3v) is 5.31. The highest BCUT2D eigenvalue weighted by molar-refractivity contribution is 7.14. The molecule has 1 unspecified atom stereocenters. The molecule has 2 aliphatic rings. The average Bonchev–Trinajstić information content (AvgIpc) is 3.08. The van der Waals surface area contributed by atoms with Gasteiger partial charge in [0.05, 0.1) is 12.1 Å². The van der Waals surface area contributed by atoms with Crippen LogP contribution in [0, 0.1) is 11.8 Å². The van der Waals surface area contributed by atoms with Gasteiger partial charge in [-0.05, 0) is 18.9 Å². The summed E-state index contributed by atoms with van der Waals surface area (Å²) < 4.78 is 0. The summed E-state index contributed by atoms with van der Waals surface area (Å²) in [5, 5.41) is 4.60. The molecule has 142 valence electrons. The minimum atomic E-state index is -0.962. The molecule has 1 fully saturated rings. The fourth-order valence-electron chi connectivity index (χ4n) is 2.95. The van der Waals surface area contributed by atoms with E-state index < -0.39 is 17.7 Å². The standard InChI is InChI=1S/C17H19N5O4S/c18-14(24)10-3-6-22(7-4-10)13(23)8-11-9-27-17(20-11)21-16(26)12-2-1-5-19-15(12)25/h1-2,5,9-10,12H,3-4,6-8H2,(H2,18,24)(H,20,21,26). The van der Waals surface area contributed by atoms with Crippen molar-refractivity contribution >= 4 is 46.3 Å². The van der Waals surface area contributed by atoms with Gasteiger partial charge in [-0.25, -0.2) is 9.98 Å². The Hall–Kier alpha value is -2.88. The van der Waals surface area contributed by atoms with E-state index in [0.717, 1.165) is 0 Å². The zero-order chi connectivity index (χ0) is 19.4. The van der Waals surface area contributed by atoms with Crippen molar-refractivity contribution in [2.24, 2.45) is 22.6 Å². The number of hydrogen-bond donors (Lipinski definition) is 2. The van der Waals surface area contributed by atoms with Crippen molar-refractivity contribution in [2.45, 2.75) is 19.3 Å². The van der Waals surface area contributed by atoms with E-state index in [1.165, 1.54) is 23.6 Å². The van der Waals surface area contributed by atoms with E-state index in [-0.39, 0.29) is 24.2 Å². The van der Waals surface area contributed by atoms with Gasteiger partial charge in [0.2, 0.25) is 17.7 Å². The van der Waals surface area contributed by atoms with Gasteiger partial charge in [-0.1, -0.05) is 6.08 Å². The Kier molecular flexibility index (Phi) is 5.75. The first-order valence-electron chi connectivity index (χ1n) is 8.51. The second kappa shape index (κ2) is 8.21. The molecule has 3 heterocycles. The van der Waals surface area contributed by atoms with Gasteiger partial charge in [0, 0.05) is 30.6 Å². The van der Waals surface area contributed by atoms with Crippen LogP contribution in [-0.2, 0) is 25.6 Å². The molecule has 0 aromatic carbocycles. The van der Waals surface area contributed by atoms with E-state index in [1.54, 1.807) is 16.4 Å². The Bertz CT molecular complexity index is 823. The van der Waals surface area contributed by atoms with E-state index >= 15 is 0 Å². The molecule has 2 aliphatic heterocycles. The molecule has 1 atom stereocenters. The quantitative estimate of drug-likeness (QED) is 0.690. The third-order valence-electron chi connectivity index (χ3n) is 4.50. The molecule has 0 spiro atoms. The first-order valence-corrected chi connectivity index (χ1v) is 9.39. The number of nitrogens with one attached hydrogen (secondary N) is 1. The van der Waals surface area contributed by atoms with Gasteiger partial charge in [0.15, 0.2) is 5.13 Å². The number of anilines is 1. The largest absolute Gasteiger partial charge is 0.369 e. The summed E-state index contributed by atoms with van der Waals surface area (Å²) in [5.41, 5.74) is 5.84. The minimum Gasteiger partial charge on any atom is -0.369 e. The summed E-state index contributed by atoms with van der Waals surface area (Å²) in [6, 6.07) is 0. The van der Waals surface area contributed by atoms with Crippen LogP contribution in [0.25, 0.3) is 0 Å². The normalized spacial score (nSPS) is 19.9.